The fourth-order valence-corrected chi connectivity index (χ4v) is 4.66. The lowest BCUT2D eigenvalue weighted by molar-refractivity contribution is -0.119. The molecule has 1 amide bonds. The first-order valence-electron chi connectivity index (χ1n) is 10.7. The molecule has 0 bridgehead atoms. The summed E-state index contributed by atoms with van der Waals surface area (Å²) in [6.07, 6.45) is 6.10. The summed E-state index contributed by atoms with van der Waals surface area (Å²) in [6, 6.07) is 6.61. The largest absolute Gasteiger partial charge is 0.293 e. The maximum absolute atomic E-state index is 13.3. The highest BCUT2D eigenvalue weighted by atomic mass is 19.1. The molecule has 2 aliphatic heterocycles. The predicted octanol–water partition coefficient (Wildman–Crippen LogP) is 3.95. The van der Waals surface area contributed by atoms with Gasteiger partial charge < -0.3 is 0 Å². The van der Waals surface area contributed by atoms with Crippen molar-refractivity contribution in [2.45, 2.75) is 58.0 Å². The zero-order valence-electron chi connectivity index (χ0n) is 16.9. The van der Waals surface area contributed by atoms with Gasteiger partial charge >= 0.3 is 0 Å². The van der Waals surface area contributed by atoms with Crippen LogP contribution >= 0.6 is 0 Å². The lowest BCUT2D eigenvalue weighted by Gasteiger charge is -2.31. The number of aromatic nitrogens is 2. The zero-order valence-corrected chi connectivity index (χ0v) is 16.9. The van der Waals surface area contributed by atoms with Crippen molar-refractivity contribution in [3.05, 3.63) is 52.7 Å². The van der Waals surface area contributed by atoms with Crippen molar-refractivity contribution in [3.63, 3.8) is 0 Å². The average molecular weight is 394 g/mol. The van der Waals surface area contributed by atoms with Gasteiger partial charge in [-0.1, -0.05) is 12.1 Å². The van der Waals surface area contributed by atoms with Crippen LogP contribution in [-0.2, 0) is 17.8 Å². The number of benzene rings is 1. The summed E-state index contributed by atoms with van der Waals surface area (Å²) in [5.41, 5.74) is 2.96. The van der Waals surface area contributed by atoms with Crippen molar-refractivity contribution >= 4 is 11.7 Å². The molecule has 1 aliphatic carbocycles. The molecule has 0 N–H and O–H groups in total. The monoisotopic (exact) mass is 394 g/mol. The van der Waals surface area contributed by atoms with Gasteiger partial charge in [-0.25, -0.2) is 14.4 Å². The summed E-state index contributed by atoms with van der Waals surface area (Å²) in [5.74, 6) is 2.26. The lowest BCUT2D eigenvalue weighted by Crippen LogP contribution is -2.37. The van der Waals surface area contributed by atoms with Crippen molar-refractivity contribution in [1.82, 2.24) is 14.9 Å². The van der Waals surface area contributed by atoms with Gasteiger partial charge in [0.1, 0.15) is 17.5 Å². The highest BCUT2D eigenvalue weighted by Crippen LogP contribution is 2.38. The Morgan fingerprint density at radius 3 is 2.66 bits per heavy atom. The van der Waals surface area contributed by atoms with Crippen molar-refractivity contribution in [3.8, 4) is 0 Å². The van der Waals surface area contributed by atoms with E-state index >= 15 is 0 Å². The topological polar surface area (TPSA) is 49.3 Å². The molecule has 3 aliphatic rings. The summed E-state index contributed by atoms with van der Waals surface area (Å²) in [7, 11) is 0. The average Bonchev–Trinajstić information content (AvgIpc) is 3.40. The van der Waals surface area contributed by atoms with Gasteiger partial charge in [0.05, 0.1) is 12.6 Å². The molecule has 0 radical (unpaired) electrons. The molecule has 5 nitrogen and oxygen atoms in total. The van der Waals surface area contributed by atoms with Crippen LogP contribution in [0.1, 0.15) is 60.8 Å². The Bertz CT molecular complexity index is 925. The summed E-state index contributed by atoms with van der Waals surface area (Å²) >= 11 is 0. The van der Waals surface area contributed by atoms with Crippen molar-refractivity contribution in [1.29, 1.82) is 0 Å². The fraction of sp³-hybridized carbons (Fsp3) is 0.522. The molecule has 29 heavy (non-hydrogen) atoms. The van der Waals surface area contributed by atoms with E-state index in [4.69, 9.17) is 9.97 Å². The third kappa shape index (κ3) is 3.78. The molecular weight excluding hydrogens is 367 g/mol. The fourth-order valence-electron chi connectivity index (χ4n) is 4.66. The Morgan fingerprint density at radius 1 is 1.10 bits per heavy atom. The van der Waals surface area contributed by atoms with Gasteiger partial charge in [0.15, 0.2) is 0 Å². The third-order valence-electron chi connectivity index (χ3n) is 6.46. The number of hydrogen-bond acceptors (Lipinski definition) is 4. The molecular formula is C23H27FN4O. The van der Waals surface area contributed by atoms with Gasteiger partial charge in [-0.05, 0) is 69.2 Å². The Kier molecular flexibility index (Phi) is 4.82. The SMILES string of the molecule is Cc1nc([C@H]2CCCN2CC2CC2)nc2c1CCC(=O)N2Cc1ccc(F)cc1. The van der Waals surface area contributed by atoms with Gasteiger partial charge in [0, 0.05) is 24.2 Å². The molecule has 1 aromatic heterocycles. The molecule has 1 saturated carbocycles. The highest BCUT2D eigenvalue weighted by molar-refractivity contribution is 5.95. The Morgan fingerprint density at radius 2 is 1.90 bits per heavy atom. The van der Waals surface area contributed by atoms with E-state index in [-0.39, 0.29) is 17.8 Å². The van der Waals surface area contributed by atoms with Crippen LogP contribution < -0.4 is 4.90 Å². The number of aryl methyl sites for hydroxylation is 1. The molecule has 3 heterocycles. The van der Waals surface area contributed by atoms with Crippen molar-refractivity contribution in [2.75, 3.05) is 18.0 Å². The third-order valence-corrected chi connectivity index (χ3v) is 6.46. The molecule has 2 aromatic rings. The second kappa shape index (κ2) is 7.48. The Balaban J connectivity index is 1.47. The van der Waals surface area contributed by atoms with Crippen LogP contribution in [0.4, 0.5) is 10.2 Å². The van der Waals surface area contributed by atoms with Gasteiger partial charge in [0.25, 0.3) is 0 Å². The quantitative estimate of drug-likeness (QED) is 0.771. The van der Waals surface area contributed by atoms with E-state index in [1.165, 1.54) is 31.4 Å². The number of carbonyl (C=O) groups is 1. The van der Waals surface area contributed by atoms with Gasteiger partial charge in [-0.2, -0.15) is 0 Å². The Labute approximate surface area is 171 Å². The molecule has 6 heteroatoms. The second-order valence-corrected chi connectivity index (χ2v) is 8.67. The summed E-state index contributed by atoms with van der Waals surface area (Å²) < 4.78 is 13.3. The first-order chi connectivity index (χ1) is 14.1. The number of nitrogens with zero attached hydrogens (tertiary/aromatic N) is 4. The van der Waals surface area contributed by atoms with Crippen LogP contribution in [0.25, 0.3) is 0 Å². The minimum absolute atomic E-state index is 0.0760. The number of rotatable bonds is 5. The first kappa shape index (κ1) is 18.7. The summed E-state index contributed by atoms with van der Waals surface area (Å²) in [5, 5.41) is 0. The predicted molar refractivity (Wildman–Crippen MR) is 109 cm³/mol. The van der Waals surface area contributed by atoms with E-state index in [0.717, 1.165) is 53.9 Å². The number of fused-ring (bicyclic) bond motifs is 1. The standard InChI is InChI=1S/C23H27FN4O/c1-15-19-10-11-21(29)28(14-17-6-8-18(24)9-7-17)23(19)26-22(25-15)20-3-2-12-27(20)13-16-4-5-16/h6-9,16,20H,2-5,10-14H2,1H3/t20-/m1/s1. The van der Waals surface area contributed by atoms with E-state index < -0.39 is 0 Å². The molecule has 0 unspecified atom stereocenters. The number of likely N-dealkylation sites (tertiary alicyclic amines) is 1. The van der Waals surface area contributed by atoms with Gasteiger partial charge in [-0.15, -0.1) is 0 Å². The van der Waals surface area contributed by atoms with E-state index in [2.05, 4.69) is 4.90 Å². The molecule has 1 atom stereocenters. The second-order valence-electron chi connectivity index (χ2n) is 8.67. The first-order valence-corrected chi connectivity index (χ1v) is 10.7. The molecule has 1 aromatic carbocycles. The summed E-state index contributed by atoms with van der Waals surface area (Å²) in [4.78, 5) is 26.9. The maximum atomic E-state index is 13.3. The van der Waals surface area contributed by atoms with E-state index in [1.54, 1.807) is 17.0 Å². The minimum Gasteiger partial charge on any atom is -0.293 e. The van der Waals surface area contributed by atoms with Crippen LogP contribution in [0.2, 0.25) is 0 Å². The van der Waals surface area contributed by atoms with Crippen LogP contribution in [0.3, 0.4) is 0 Å². The molecule has 0 spiro atoms. The lowest BCUT2D eigenvalue weighted by atomic mass is 10.0. The van der Waals surface area contributed by atoms with Crippen LogP contribution in [-0.4, -0.2) is 33.9 Å². The number of hydrogen-bond donors (Lipinski definition) is 0. The zero-order chi connectivity index (χ0) is 20.0. The number of amides is 1. The number of halogens is 1. The van der Waals surface area contributed by atoms with Gasteiger partial charge in [-0.3, -0.25) is 14.6 Å². The van der Waals surface area contributed by atoms with E-state index in [9.17, 15) is 9.18 Å². The Hall–Kier alpha value is -2.34. The minimum atomic E-state index is -0.267. The number of anilines is 1. The molecule has 152 valence electrons. The van der Waals surface area contributed by atoms with E-state index in [1.807, 2.05) is 6.92 Å². The molecule has 2 fully saturated rings. The molecule has 5 rings (SSSR count). The van der Waals surface area contributed by atoms with E-state index in [0.29, 0.717) is 19.4 Å². The molecule has 1 saturated heterocycles. The van der Waals surface area contributed by atoms with Crippen molar-refractivity contribution in [2.24, 2.45) is 5.92 Å². The van der Waals surface area contributed by atoms with Crippen molar-refractivity contribution < 1.29 is 9.18 Å². The van der Waals surface area contributed by atoms with Crippen LogP contribution in [0.15, 0.2) is 24.3 Å². The smallest absolute Gasteiger partial charge is 0.228 e. The van der Waals surface area contributed by atoms with Crippen LogP contribution in [0.5, 0.6) is 0 Å². The maximum Gasteiger partial charge on any atom is 0.228 e. The summed E-state index contributed by atoms with van der Waals surface area (Å²) in [6.45, 7) is 4.70. The normalized spacial score (nSPS) is 22.2. The van der Waals surface area contributed by atoms with Crippen LogP contribution in [0, 0.1) is 18.7 Å². The number of carbonyl (C=O) groups excluding carboxylic acids is 1. The van der Waals surface area contributed by atoms with Gasteiger partial charge in [0.2, 0.25) is 5.91 Å². The highest BCUT2D eigenvalue weighted by Gasteiger charge is 2.35.